The van der Waals surface area contributed by atoms with E-state index < -0.39 is 17.8 Å². The Morgan fingerprint density at radius 3 is 2.53 bits per heavy atom. The number of anilines is 1. The van der Waals surface area contributed by atoms with Gasteiger partial charge in [-0.15, -0.1) is 0 Å². The predicted molar refractivity (Wildman–Crippen MR) is 67.7 cm³/mol. The molecule has 0 saturated carbocycles. The van der Waals surface area contributed by atoms with Gasteiger partial charge in [-0.25, -0.2) is 14.0 Å². The van der Waals surface area contributed by atoms with Crippen LogP contribution in [0.1, 0.15) is 23.2 Å². The molecule has 6 heteroatoms. The van der Waals surface area contributed by atoms with Crippen LogP contribution in [0.3, 0.4) is 0 Å². The third kappa shape index (κ3) is 3.31. The molecule has 0 saturated heterocycles. The molecule has 1 aromatic rings. The third-order valence-corrected chi connectivity index (χ3v) is 2.81. The lowest BCUT2D eigenvalue weighted by Crippen LogP contribution is -2.36. The first-order valence-electron chi connectivity index (χ1n) is 5.81. The summed E-state index contributed by atoms with van der Waals surface area (Å²) in [6.45, 7) is 0. The van der Waals surface area contributed by atoms with Gasteiger partial charge in [-0.05, 0) is 31.0 Å². The normalized spacial score (nSPS) is 14.4. The zero-order valence-electron chi connectivity index (χ0n) is 10.0. The lowest BCUT2D eigenvalue weighted by molar-refractivity contribution is 0.0696. The molecule has 0 aliphatic heterocycles. The average molecular weight is 264 g/mol. The van der Waals surface area contributed by atoms with E-state index in [1.807, 2.05) is 12.2 Å². The van der Waals surface area contributed by atoms with Crippen LogP contribution < -0.4 is 10.6 Å². The van der Waals surface area contributed by atoms with Crippen molar-refractivity contribution in [2.75, 3.05) is 5.32 Å². The van der Waals surface area contributed by atoms with Gasteiger partial charge in [0.1, 0.15) is 5.82 Å². The van der Waals surface area contributed by atoms with Gasteiger partial charge in [-0.2, -0.15) is 0 Å². The van der Waals surface area contributed by atoms with Crippen LogP contribution in [0.4, 0.5) is 14.9 Å². The summed E-state index contributed by atoms with van der Waals surface area (Å²) in [4.78, 5) is 22.2. The van der Waals surface area contributed by atoms with E-state index in [4.69, 9.17) is 5.11 Å². The number of nitrogens with one attached hydrogen (secondary N) is 2. The summed E-state index contributed by atoms with van der Waals surface area (Å²) in [7, 11) is 0. The molecule has 2 rings (SSSR count). The zero-order valence-corrected chi connectivity index (χ0v) is 10.0. The monoisotopic (exact) mass is 264 g/mol. The number of carbonyl (C=O) groups excluding carboxylic acids is 1. The van der Waals surface area contributed by atoms with Crippen molar-refractivity contribution in [1.82, 2.24) is 5.32 Å². The van der Waals surface area contributed by atoms with Crippen LogP contribution in [0.5, 0.6) is 0 Å². The molecule has 0 unspecified atom stereocenters. The topological polar surface area (TPSA) is 78.4 Å². The van der Waals surface area contributed by atoms with Gasteiger partial charge >= 0.3 is 12.0 Å². The summed E-state index contributed by atoms with van der Waals surface area (Å²) in [6.07, 6.45) is 5.45. The first kappa shape index (κ1) is 13.1. The first-order valence-corrected chi connectivity index (χ1v) is 5.81. The van der Waals surface area contributed by atoms with Crippen LogP contribution in [0.25, 0.3) is 0 Å². The Bertz CT molecular complexity index is 535. The molecule has 2 amide bonds. The summed E-state index contributed by atoms with van der Waals surface area (Å²) < 4.78 is 13.6. The summed E-state index contributed by atoms with van der Waals surface area (Å²) >= 11 is 0. The van der Waals surface area contributed by atoms with E-state index in [1.54, 1.807) is 0 Å². The highest BCUT2D eigenvalue weighted by molar-refractivity contribution is 5.91. The Balaban J connectivity index is 1.98. The molecule has 100 valence electrons. The Morgan fingerprint density at radius 2 is 1.95 bits per heavy atom. The molecule has 0 radical (unpaired) electrons. The van der Waals surface area contributed by atoms with Crippen LogP contribution in [-0.4, -0.2) is 23.1 Å². The number of urea groups is 1. The highest BCUT2D eigenvalue weighted by atomic mass is 19.1. The van der Waals surface area contributed by atoms with Gasteiger partial charge in [-0.3, -0.25) is 0 Å². The summed E-state index contributed by atoms with van der Waals surface area (Å²) in [5.74, 6) is -1.99. The molecular formula is C13H13FN2O3. The smallest absolute Gasteiger partial charge is 0.335 e. The van der Waals surface area contributed by atoms with E-state index >= 15 is 0 Å². The molecule has 0 atom stereocenters. The van der Waals surface area contributed by atoms with Crippen molar-refractivity contribution in [2.24, 2.45) is 0 Å². The molecule has 19 heavy (non-hydrogen) atoms. The van der Waals surface area contributed by atoms with Gasteiger partial charge in [0, 0.05) is 6.04 Å². The largest absolute Gasteiger partial charge is 0.478 e. The maximum absolute atomic E-state index is 13.6. The lowest BCUT2D eigenvalue weighted by atomic mass is 10.2. The number of carboxylic acid groups (broad SMARTS) is 1. The maximum atomic E-state index is 13.6. The number of hydrogen-bond donors (Lipinski definition) is 3. The van der Waals surface area contributed by atoms with E-state index in [9.17, 15) is 14.0 Å². The minimum Gasteiger partial charge on any atom is -0.478 e. The van der Waals surface area contributed by atoms with E-state index in [2.05, 4.69) is 10.6 Å². The van der Waals surface area contributed by atoms with E-state index in [-0.39, 0.29) is 17.3 Å². The van der Waals surface area contributed by atoms with Crippen LogP contribution in [-0.2, 0) is 0 Å². The second-order valence-corrected chi connectivity index (χ2v) is 4.24. The molecule has 0 bridgehead atoms. The molecule has 0 heterocycles. The van der Waals surface area contributed by atoms with E-state index in [0.717, 1.165) is 18.9 Å². The number of carbonyl (C=O) groups is 2. The molecule has 0 spiro atoms. The number of hydrogen-bond acceptors (Lipinski definition) is 2. The van der Waals surface area contributed by atoms with Gasteiger partial charge in [0.2, 0.25) is 0 Å². The first-order chi connectivity index (χ1) is 9.06. The lowest BCUT2D eigenvalue weighted by Gasteiger charge is -2.13. The Kier molecular flexibility index (Phi) is 3.79. The fourth-order valence-electron chi connectivity index (χ4n) is 1.83. The number of carboxylic acids is 1. The Morgan fingerprint density at radius 1 is 1.26 bits per heavy atom. The maximum Gasteiger partial charge on any atom is 0.335 e. The van der Waals surface area contributed by atoms with Gasteiger partial charge in [0.05, 0.1) is 11.3 Å². The standard InChI is InChI=1S/C13H13FN2O3/c14-10-7-8(12(17)18)5-6-11(10)16-13(19)15-9-3-1-2-4-9/h1-2,5-7,9H,3-4H2,(H,17,18)(H2,15,16,19). The predicted octanol–water partition coefficient (Wildman–Crippen LogP) is 2.36. The minimum atomic E-state index is -1.22. The quantitative estimate of drug-likeness (QED) is 0.733. The molecule has 5 nitrogen and oxygen atoms in total. The van der Waals surface area contributed by atoms with Crippen molar-refractivity contribution in [3.63, 3.8) is 0 Å². The SMILES string of the molecule is O=C(Nc1ccc(C(=O)O)cc1F)NC1CC=CC1. The van der Waals surface area contributed by atoms with E-state index in [1.165, 1.54) is 12.1 Å². The summed E-state index contributed by atoms with van der Waals surface area (Å²) in [5, 5.41) is 13.8. The molecule has 1 aliphatic carbocycles. The summed E-state index contributed by atoms with van der Waals surface area (Å²) in [5.41, 5.74) is -0.211. The molecule has 0 fully saturated rings. The highest BCUT2D eigenvalue weighted by Gasteiger charge is 2.15. The van der Waals surface area contributed by atoms with Crippen molar-refractivity contribution in [3.05, 3.63) is 41.7 Å². The second kappa shape index (κ2) is 5.51. The number of amides is 2. The zero-order chi connectivity index (χ0) is 13.8. The second-order valence-electron chi connectivity index (χ2n) is 4.24. The van der Waals surface area contributed by atoms with Crippen molar-refractivity contribution in [3.8, 4) is 0 Å². The highest BCUT2D eigenvalue weighted by Crippen LogP contribution is 2.16. The van der Waals surface area contributed by atoms with Crippen molar-refractivity contribution < 1.29 is 19.1 Å². The van der Waals surface area contributed by atoms with E-state index in [0.29, 0.717) is 0 Å². The molecule has 1 aromatic carbocycles. The van der Waals surface area contributed by atoms with Crippen LogP contribution >= 0.6 is 0 Å². The van der Waals surface area contributed by atoms with Crippen LogP contribution in [0.2, 0.25) is 0 Å². The Labute approximate surface area is 109 Å². The average Bonchev–Trinajstić information content (AvgIpc) is 2.84. The van der Waals surface area contributed by atoms with Gasteiger partial charge in [0.15, 0.2) is 0 Å². The van der Waals surface area contributed by atoms with Gasteiger partial charge in [-0.1, -0.05) is 12.2 Å². The molecular weight excluding hydrogens is 251 g/mol. The number of halogens is 1. The van der Waals surface area contributed by atoms with Crippen molar-refractivity contribution in [1.29, 1.82) is 0 Å². The van der Waals surface area contributed by atoms with Crippen molar-refractivity contribution in [2.45, 2.75) is 18.9 Å². The fourth-order valence-corrected chi connectivity index (χ4v) is 1.83. The minimum absolute atomic E-state index is 0.0290. The Hall–Kier alpha value is -2.37. The number of benzene rings is 1. The van der Waals surface area contributed by atoms with Crippen LogP contribution in [0, 0.1) is 5.82 Å². The van der Waals surface area contributed by atoms with Crippen molar-refractivity contribution >= 4 is 17.7 Å². The molecule has 3 N–H and O–H groups in total. The fraction of sp³-hybridized carbons (Fsp3) is 0.231. The van der Waals surface area contributed by atoms with Gasteiger partial charge < -0.3 is 15.7 Å². The third-order valence-electron chi connectivity index (χ3n) is 2.81. The summed E-state index contributed by atoms with van der Waals surface area (Å²) in [6, 6.07) is 2.86. The molecule has 1 aliphatic rings. The van der Waals surface area contributed by atoms with Gasteiger partial charge in [0.25, 0.3) is 0 Å². The van der Waals surface area contributed by atoms with Crippen LogP contribution in [0.15, 0.2) is 30.4 Å². The number of rotatable bonds is 3. The number of aromatic carboxylic acids is 1. The molecule has 0 aromatic heterocycles.